The number of benzene rings is 3. The fourth-order valence-electron chi connectivity index (χ4n) is 6.15. The number of carbonyl (C=O) groups excluding carboxylic acids is 2. The van der Waals surface area contributed by atoms with Crippen LogP contribution in [0.5, 0.6) is 0 Å². The molecule has 2 heterocycles. The van der Waals surface area contributed by atoms with E-state index in [2.05, 4.69) is 11.0 Å². The molecule has 42 heavy (non-hydrogen) atoms. The highest BCUT2D eigenvalue weighted by Gasteiger charge is 2.65. The zero-order valence-corrected chi connectivity index (χ0v) is 24.6. The highest BCUT2D eigenvalue weighted by atomic mass is 35.5. The number of imide groups is 1. The predicted molar refractivity (Wildman–Crippen MR) is 160 cm³/mol. The normalized spacial score (nSPS) is 21.2. The second-order valence-corrected chi connectivity index (χ2v) is 11.9. The number of hydrogen-bond donors (Lipinski definition) is 1. The van der Waals surface area contributed by atoms with E-state index >= 15 is 0 Å². The number of nitrogens with zero attached hydrogens (tertiary/aromatic N) is 4. The molecule has 10 heteroatoms. The van der Waals surface area contributed by atoms with Crippen LogP contribution in [0.3, 0.4) is 0 Å². The van der Waals surface area contributed by atoms with Crippen LogP contribution in [0.25, 0.3) is 0 Å². The van der Waals surface area contributed by atoms with Crippen LogP contribution in [0.2, 0.25) is 10.0 Å². The number of amides is 3. The number of halogens is 2. The molecule has 8 nitrogen and oxygen atoms in total. The van der Waals surface area contributed by atoms with E-state index < -0.39 is 23.5 Å². The van der Waals surface area contributed by atoms with Gasteiger partial charge in [-0.05, 0) is 53.8 Å². The third-order valence-corrected chi connectivity index (χ3v) is 8.54. The first-order chi connectivity index (χ1) is 20.1. The van der Waals surface area contributed by atoms with Crippen LogP contribution in [0, 0.1) is 17.2 Å². The predicted octanol–water partition coefficient (Wildman–Crippen LogP) is 6.17. The summed E-state index contributed by atoms with van der Waals surface area (Å²) < 4.78 is 0. The molecule has 1 N–H and O–H groups in total. The Balaban J connectivity index is 1.62. The van der Waals surface area contributed by atoms with Gasteiger partial charge in [0.1, 0.15) is 5.54 Å². The first kappa shape index (κ1) is 29.6. The lowest BCUT2D eigenvalue weighted by Crippen LogP contribution is -2.56. The molecule has 3 aromatic carbocycles. The van der Waals surface area contributed by atoms with E-state index in [0.717, 1.165) is 16.0 Å². The van der Waals surface area contributed by atoms with Crippen molar-refractivity contribution in [2.24, 2.45) is 5.92 Å². The Bertz CT molecular complexity index is 1520. The van der Waals surface area contributed by atoms with Gasteiger partial charge in [0.2, 0.25) is 0 Å². The fraction of sp³-hybridized carbons (Fsp3) is 0.312. The summed E-state index contributed by atoms with van der Waals surface area (Å²) in [5.41, 5.74) is 1.40. The topological polar surface area (TPSA) is 105 Å². The lowest BCUT2D eigenvalue weighted by Gasteiger charge is -2.37. The number of aliphatic carboxylic acids is 1. The van der Waals surface area contributed by atoms with Crippen molar-refractivity contribution in [1.29, 1.82) is 5.26 Å². The molecular weight excluding hydrogens is 575 g/mol. The summed E-state index contributed by atoms with van der Waals surface area (Å²) in [5, 5.41) is 19.2. The van der Waals surface area contributed by atoms with Crippen LogP contribution >= 0.6 is 23.2 Å². The molecule has 2 aliphatic rings. The molecule has 0 bridgehead atoms. The van der Waals surface area contributed by atoms with E-state index in [0.29, 0.717) is 35.1 Å². The van der Waals surface area contributed by atoms with Gasteiger partial charge in [0.25, 0.3) is 5.91 Å². The standard InChI is InChI=1S/C32H30Cl2N4O4/c1-21(7-12-29(39)40)17-37-31(42)38(27-14-25(33)13-26(34)15-27)30(41)32(37)20-36(18-23-5-3-2-4-6-23)19-28(32)24-10-8-22(16-35)9-11-24/h2-6,8-11,13-15,21,28H,7,12,17-20H2,1H3,(H,39,40)/t21?,28-,32+/m0/s1. The van der Waals surface area contributed by atoms with Gasteiger partial charge < -0.3 is 10.0 Å². The molecule has 0 saturated carbocycles. The smallest absolute Gasteiger partial charge is 0.332 e. The maximum Gasteiger partial charge on any atom is 0.332 e. The average molecular weight is 606 g/mol. The van der Waals surface area contributed by atoms with Crippen molar-refractivity contribution in [1.82, 2.24) is 9.80 Å². The van der Waals surface area contributed by atoms with E-state index in [-0.39, 0.29) is 37.0 Å². The molecule has 1 spiro atoms. The quantitative estimate of drug-likeness (QED) is 0.293. The van der Waals surface area contributed by atoms with Crippen LogP contribution in [0.15, 0.2) is 72.8 Å². The van der Waals surface area contributed by atoms with E-state index in [1.165, 1.54) is 6.07 Å². The van der Waals surface area contributed by atoms with Gasteiger partial charge in [0.05, 0.1) is 17.3 Å². The van der Waals surface area contributed by atoms with Crippen molar-refractivity contribution in [2.45, 2.75) is 37.8 Å². The van der Waals surface area contributed by atoms with E-state index in [1.54, 1.807) is 29.2 Å². The molecule has 3 aromatic rings. The van der Waals surface area contributed by atoms with Gasteiger partial charge >= 0.3 is 12.0 Å². The zero-order valence-electron chi connectivity index (χ0n) is 23.0. The van der Waals surface area contributed by atoms with Crippen LogP contribution in [0.4, 0.5) is 10.5 Å². The van der Waals surface area contributed by atoms with Gasteiger partial charge in [0.15, 0.2) is 0 Å². The summed E-state index contributed by atoms with van der Waals surface area (Å²) in [6.45, 7) is 3.41. The third kappa shape index (κ3) is 5.73. The van der Waals surface area contributed by atoms with Crippen LogP contribution in [-0.4, -0.2) is 58.0 Å². The maximum atomic E-state index is 14.7. The number of carboxylic acid groups (broad SMARTS) is 1. The largest absolute Gasteiger partial charge is 0.481 e. The lowest BCUT2D eigenvalue weighted by molar-refractivity contribution is -0.137. The molecule has 0 radical (unpaired) electrons. The van der Waals surface area contributed by atoms with Gasteiger partial charge in [-0.15, -0.1) is 0 Å². The number of carbonyl (C=O) groups is 3. The van der Waals surface area contributed by atoms with Crippen molar-refractivity contribution in [3.63, 3.8) is 0 Å². The summed E-state index contributed by atoms with van der Waals surface area (Å²) in [7, 11) is 0. The lowest BCUT2D eigenvalue weighted by atomic mass is 9.80. The van der Waals surface area contributed by atoms with Gasteiger partial charge in [0, 0.05) is 48.6 Å². The van der Waals surface area contributed by atoms with Crippen molar-refractivity contribution in [3.8, 4) is 6.07 Å². The summed E-state index contributed by atoms with van der Waals surface area (Å²) in [4.78, 5) is 45.3. The van der Waals surface area contributed by atoms with Crippen LogP contribution in [-0.2, 0) is 16.1 Å². The van der Waals surface area contributed by atoms with Crippen LogP contribution < -0.4 is 4.90 Å². The second-order valence-electron chi connectivity index (χ2n) is 11.1. The van der Waals surface area contributed by atoms with E-state index in [9.17, 15) is 24.8 Å². The zero-order chi connectivity index (χ0) is 30.0. The Morgan fingerprint density at radius 3 is 2.36 bits per heavy atom. The molecule has 3 amide bonds. The Morgan fingerprint density at radius 1 is 1.07 bits per heavy atom. The van der Waals surface area contributed by atoms with E-state index in [4.69, 9.17) is 23.2 Å². The Morgan fingerprint density at radius 2 is 1.74 bits per heavy atom. The second kappa shape index (κ2) is 12.1. The molecule has 2 aliphatic heterocycles. The van der Waals surface area contributed by atoms with Gasteiger partial charge in [-0.3, -0.25) is 14.5 Å². The minimum absolute atomic E-state index is 0.0447. The molecule has 0 aromatic heterocycles. The fourth-order valence-corrected chi connectivity index (χ4v) is 6.66. The molecule has 5 rings (SSSR count). The highest BCUT2D eigenvalue weighted by molar-refractivity contribution is 6.35. The summed E-state index contributed by atoms with van der Waals surface area (Å²) in [5.74, 6) is -1.92. The number of carboxylic acids is 1. The first-order valence-electron chi connectivity index (χ1n) is 13.7. The number of urea groups is 1. The Hall–Kier alpha value is -3.90. The van der Waals surface area contributed by atoms with Gasteiger partial charge in [-0.2, -0.15) is 5.26 Å². The number of likely N-dealkylation sites (tertiary alicyclic amines) is 1. The molecule has 0 aliphatic carbocycles. The number of nitriles is 1. The Labute approximate surface area is 254 Å². The van der Waals surface area contributed by atoms with Gasteiger partial charge in [-0.1, -0.05) is 72.6 Å². The highest BCUT2D eigenvalue weighted by Crippen LogP contribution is 2.48. The molecule has 2 saturated heterocycles. The van der Waals surface area contributed by atoms with Crippen molar-refractivity contribution < 1.29 is 19.5 Å². The number of anilines is 1. The molecular formula is C32H30Cl2N4O4. The van der Waals surface area contributed by atoms with Crippen molar-refractivity contribution in [3.05, 3.63) is 99.5 Å². The Kier molecular flexibility index (Phi) is 8.55. The maximum absolute atomic E-state index is 14.7. The number of hydrogen-bond acceptors (Lipinski definition) is 5. The molecule has 216 valence electrons. The van der Waals surface area contributed by atoms with Crippen LogP contribution in [0.1, 0.15) is 42.4 Å². The summed E-state index contributed by atoms with van der Waals surface area (Å²) >= 11 is 12.6. The molecule has 3 atom stereocenters. The van der Waals surface area contributed by atoms with Crippen molar-refractivity contribution >= 4 is 46.8 Å². The summed E-state index contributed by atoms with van der Waals surface area (Å²) in [6.07, 6.45) is 0.304. The van der Waals surface area contributed by atoms with Gasteiger partial charge in [-0.25, -0.2) is 9.69 Å². The third-order valence-electron chi connectivity index (χ3n) is 8.10. The van der Waals surface area contributed by atoms with Crippen molar-refractivity contribution in [2.75, 3.05) is 24.5 Å². The minimum Gasteiger partial charge on any atom is -0.481 e. The monoisotopic (exact) mass is 604 g/mol. The number of rotatable bonds is 9. The summed E-state index contributed by atoms with van der Waals surface area (Å²) in [6, 6.07) is 23.3. The SMILES string of the molecule is CC(CCC(=O)O)CN1C(=O)N(c2cc(Cl)cc(Cl)c2)C(=O)[C@]12CN(Cc1ccccc1)C[C@H]2c1ccc(C#N)cc1. The molecule has 2 fully saturated rings. The average Bonchev–Trinajstić information content (AvgIpc) is 3.43. The molecule has 1 unspecified atom stereocenters. The minimum atomic E-state index is -1.29. The van der Waals surface area contributed by atoms with E-state index in [1.807, 2.05) is 49.4 Å². The first-order valence-corrected chi connectivity index (χ1v) is 14.5.